The lowest BCUT2D eigenvalue weighted by molar-refractivity contribution is -0.116. The van der Waals surface area contributed by atoms with Crippen molar-refractivity contribution in [1.29, 1.82) is 0 Å². The maximum atomic E-state index is 12.8. The van der Waals surface area contributed by atoms with E-state index in [4.69, 9.17) is 0 Å². The molecule has 0 radical (unpaired) electrons. The summed E-state index contributed by atoms with van der Waals surface area (Å²) in [4.78, 5) is 10.7. The van der Waals surface area contributed by atoms with Crippen molar-refractivity contribution < 1.29 is 13.6 Å². The average molecular weight is 310 g/mol. The van der Waals surface area contributed by atoms with E-state index in [1.54, 1.807) is 12.1 Å². The van der Waals surface area contributed by atoms with Gasteiger partial charge in [-0.1, -0.05) is 24.3 Å². The van der Waals surface area contributed by atoms with Gasteiger partial charge in [-0.05, 0) is 12.5 Å². The molecule has 14 heavy (non-hydrogen) atoms. The van der Waals surface area contributed by atoms with Gasteiger partial charge < -0.3 is 0 Å². The van der Waals surface area contributed by atoms with Crippen molar-refractivity contribution in [3.05, 3.63) is 35.4 Å². The zero-order valence-corrected chi connectivity index (χ0v) is 9.72. The Hall–Kier alpha value is -0.520. The van der Waals surface area contributed by atoms with Crippen LogP contribution in [0.3, 0.4) is 0 Å². The Kier molecular flexibility index (Phi) is 3.58. The summed E-state index contributed by atoms with van der Waals surface area (Å²) in [6.45, 7) is 1.47. The number of halogens is 3. The maximum Gasteiger partial charge on any atom is 0.321 e. The number of benzene rings is 1. The first kappa shape index (κ1) is 11.6. The van der Waals surface area contributed by atoms with Crippen LogP contribution in [0.2, 0.25) is 0 Å². The molecule has 0 amide bonds. The minimum absolute atomic E-state index is 0.0268. The lowest BCUT2D eigenvalue weighted by Gasteiger charge is -2.08. The molecule has 0 atom stereocenters. The van der Waals surface area contributed by atoms with Crippen LogP contribution in [0.5, 0.6) is 0 Å². The second-order valence-electron chi connectivity index (χ2n) is 3.07. The zero-order valence-electron chi connectivity index (χ0n) is 7.56. The molecule has 1 aromatic rings. The average Bonchev–Trinajstić information content (AvgIpc) is 2.02. The van der Waals surface area contributed by atoms with Crippen molar-refractivity contribution >= 4 is 28.4 Å². The SMILES string of the molecule is CC(=O)Cc1ccc(C(F)(F)I)cc1. The number of hydrogen-bond acceptors (Lipinski definition) is 1. The number of carbonyl (C=O) groups excluding carboxylic acids is 1. The number of ketones is 1. The van der Waals surface area contributed by atoms with Gasteiger partial charge in [-0.15, -0.1) is 0 Å². The Morgan fingerprint density at radius 3 is 2.21 bits per heavy atom. The number of hydrogen-bond donors (Lipinski definition) is 0. The minimum atomic E-state index is -2.84. The van der Waals surface area contributed by atoms with E-state index < -0.39 is 3.93 Å². The van der Waals surface area contributed by atoms with E-state index in [1.807, 2.05) is 0 Å². The van der Waals surface area contributed by atoms with E-state index in [-0.39, 0.29) is 11.3 Å². The monoisotopic (exact) mass is 310 g/mol. The summed E-state index contributed by atoms with van der Waals surface area (Å²) >= 11 is 1.08. The molecule has 0 aliphatic heterocycles. The molecule has 4 heteroatoms. The molecule has 0 aliphatic carbocycles. The summed E-state index contributed by atoms with van der Waals surface area (Å²) in [7, 11) is 0. The highest BCUT2D eigenvalue weighted by Crippen LogP contribution is 2.34. The van der Waals surface area contributed by atoms with Crippen LogP contribution < -0.4 is 0 Å². The smallest absolute Gasteiger partial charge is 0.300 e. The van der Waals surface area contributed by atoms with Gasteiger partial charge in [0, 0.05) is 34.6 Å². The standard InChI is InChI=1S/C10H9F2IO/c1-7(14)6-8-2-4-9(5-3-8)10(11,12)13/h2-5H,6H2,1H3. The van der Waals surface area contributed by atoms with Gasteiger partial charge in [0.15, 0.2) is 0 Å². The first-order chi connectivity index (χ1) is 6.39. The van der Waals surface area contributed by atoms with Gasteiger partial charge in [0.1, 0.15) is 5.78 Å². The topological polar surface area (TPSA) is 17.1 Å². The quantitative estimate of drug-likeness (QED) is 0.618. The molecule has 0 unspecified atom stereocenters. The molecule has 0 N–H and O–H groups in total. The third kappa shape index (κ3) is 3.32. The molecule has 0 aromatic heterocycles. The van der Waals surface area contributed by atoms with Crippen molar-refractivity contribution in [2.75, 3.05) is 0 Å². The van der Waals surface area contributed by atoms with Crippen LogP contribution >= 0.6 is 22.6 Å². The highest BCUT2D eigenvalue weighted by atomic mass is 127. The van der Waals surface area contributed by atoms with Gasteiger partial charge in [0.25, 0.3) is 0 Å². The fourth-order valence-electron chi connectivity index (χ4n) is 1.10. The van der Waals surface area contributed by atoms with Crippen LogP contribution in [0.25, 0.3) is 0 Å². The van der Waals surface area contributed by atoms with Crippen molar-refractivity contribution in [3.8, 4) is 0 Å². The number of alkyl halides is 3. The van der Waals surface area contributed by atoms with E-state index in [0.717, 1.165) is 28.2 Å². The van der Waals surface area contributed by atoms with Gasteiger partial charge in [-0.25, -0.2) is 0 Å². The highest BCUT2D eigenvalue weighted by molar-refractivity contribution is 14.1. The molecule has 0 aliphatic rings. The Labute approximate surface area is 94.6 Å². The summed E-state index contributed by atoms with van der Waals surface area (Å²) in [5.74, 6) is 0.0268. The molecule has 1 rings (SSSR count). The molecule has 0 bridgehead atoms. The zero-order chi connectivity index (χ0) is 10.8. The summed E-state index contributed by atoms with van der Waals surface area (Å²) in [6, 6.07) is 5.82. The fraction of sp³-hybridized carbons (Fsp3) is 0.300. The summed E-state index contributed by atoms with van der Waals surface area (Å²) in [6.07, 6.45) is 0.299. The van der Waals surface area contributed by atoms with Gasteiger partial charge in [-0.2, -0.15) is 8.78 Å². The van der Waals surface area contributed by atoms with Crippen LogP contribution in [0.1, 0.15) is 18.1 Å². The Morgan fingerprint density at radius 2 is 1.86 bits per heavy atom. The lowest BCUT2D eigenvalue weighted by atomic mass is 10.1. The van der Waals surface area contributed by atoms with Crippen molar-refractivity contribution in [2.24, 2.45) is 0 Å². The molecular weight excluding hydrogens is 301 g/mol. The van der Waals surface area contributed by atoms with Gasteiger partial charge in [0.05, 0.1) is 0 Å². The molecule has 76 valence electrons. The second-order valence-corrected chi connectivity index (χ2v) is 4.43. The first-order valence-corrected chi connectivity index (χ1v) is 5.13. The normalized spacial score (nSPS) is 11.4. The van der Waals surface area contributed by atoms with Crippen LogP contribution in [-0.4, -0.2) is 5.78 Å². The highest BCUT2D eigenvalue weighted by Gasteiger charge is 2.26. The van der Waals surface area contributed by atoms with Gasteiger partial charge in [-0.3, -0.25) is 4.79 Å². The van der Waals surface area contributed by atoms with Crippen LogP contribution in [0.4, 0.5) is 8.78 Å². The molecule has 1 aromatic carbocycles. The second kappa shape index (κ2) is 4.33. The fourth-order valence-corrected chi connectivity index (χ4v) is 1.46. The van der Waals surface area contributed by atoms with E-state index in [0.29, 0.717) is 6.42 Å². The summed E-state index contributed by atoms with van der Waals surface area (Å²) < 4.78 is 22.7. The van der Waals surface area contributed by atoms with Gasteiger partial charge >= 0.3 is 3.93 Å². The number of rotatable bonds is 3. The third-order valence-electron chi connectivity index (χ3n) is 1.73. The molecule has 0 fully saturated rings. The van der Waals surface area contributed by atoms with Crippen LogP contribution in [-0.2, 0) is 15.1 Å². The largest absolute Gasteiger partial charge is 0.321 e. The molecule has 0 heterocycles. The molecule has 0 saturated carbocycles. The molecular formula is C10H9F2IO. The Bertz CT molecular complexity index is 327. The summed E-state index contributed by atoms with van der Waals surface area (Å²) in [5, 5.41) is 0. The Morgan fingerprint density at radius 1 is 1.36 bits per heavy atom. The summed E-state index contributed by atoms with van der Waals surface area (Å²) in [5.41, 5.74) is 0.729. The Balaban J connectivity index is 2.84. The third-order valence-corrected chi connectivity index (χ3v) is 2.36. The molecule has 0 spiro atoms. The van der Waals surface area contributed by atoms with Crippen LogP contribution in [0.15, 0.2) is 24.3 Å². The minimum Gasteiger partial charge on any atom is -0.300 e. The van der Waals surface area contributed by atoms with Gasteiger partial charge in [0.2, 0.25) is 0 Å². The number of carbonyl (C=O) groups is 1. The number of Topliss-reactive ketones (excluding diaryl/α,β-unsaturated/α-hetero) is 1. The molecule has 1 nitrogen and oxygen atoms in total. The first-order valence-electron chi connectivity index (χ1n) is 4.05. The molecule has 0 saturated heterocycles. The lowest BCUT2D eigenvalue weighted by Crippen LogP contribution is -2.03. The van der Waals surface area contributed by atoms with E-state index in [2.05, 4.69) is 0 Å². The van der Waals surface area contributed by atoms with Crippen molar-refractivity contribution in [1.82, 2.24) is 0 Å². The van der Waals surface area contributed by atoms with Crippen molar-refractivity contribution in [3.63, 3.8) is 0 Å². The van der Waals surface area contributed by atoms with E-state index >= 15 is 0 Å². The van der Waals surface area contributed by atoms with E-state index in [1.165, 1.54) is 19.1 Å². The maximum absolute atomic E-state index is 12.8. The van der Waals surface area contributed by atoms with E-state index in [9.17, 15) is 13.6 Å². The predicted octanol–water partition coefficient (Wildman–Crippen LogP) is 3.30. The van der Waals surface area contributed by atoms with Crippen LogP contribution in [0, 0.1) is 0 Å². The predicted molar refractivity (Wildman–Crippen MR) is 58.7 cm³/mol. The van der Waals surface area contributed by atoms with Crippen molar-refractivity contribution in [2.45, 2.75) is 17.3 Å².